The fourth-order valence-corrected chi connectivity index (χ4v) is 14.9. The van der Waals surface area contributed by atoms with Crippen LogP contribution in [0.1, 0.15) is 113 Å². The first-order valence-corrected chi connectivity index (χ1v) is 24.1. The average molecular weight is 941 g/mol. The zero-order valence-corrected chi connectivity index (χ0v) is 39.7. The molecule has 0 spiro atoms. The van der Waals surface area contributed by atoms with Gasteiger partial charge in [-0.15, -0.1) is 0 Å². The summed E-state index contributed by atoms with van der Waals surface area (Å²) in [6.07, 6.45) is -14.3. The number of fused-ring (bicyclic) bond motifs is 7. The summed E-state index contributed by atoms with van der Waals surface area (Å²) in [5.41, 5.74) is -0.373. The van der Waals surface area contributed by atoms with Crippen LogP contribution in [0.2, 0.25) is 0 Å². The number of carboxylic acid groups (broad SMARTS) is 1. The Bertz CT molecular complexity index is 1840. The van der Waals surface area contributed by atoms with Crippen LogP contribution in [0, 0.1) is 50.2 Å². The molecular weight excluding hydrogens is 865 g/mol. The molecule has 3 aliphatic heterocycles. The van der Waals surface area contributed by atoms with E-state index in [9.17, 15) is 55.5 Å². The number of rotatable bonds is 9. The highest BCUT2D eigenvalue weighted by Crippen LogP contribution is 2.76. The lowest BCUT2D eigenvalue weighted by molar-refractivity contribution is -0.391. The monoisotopic (exact) mass is 941 g/mol. The summed E-state index contributed by atoms with van der Waals surface area (Å²) in [5, 5.41) is 96.6. The second kappa shape index (κ2) is 17.8. The Morgan fingerprint density at radius 2 is 1.38 bits per heavy atom. The van der Waals surface area contributed by atoms with Crippen LogP contribution < -0.4 is 0 Å². The number of aliphatic hydroxyl groups is 8. The molecule has 22 atom stereocenters. The van der Waals surface area contributed by atoms with Gasteiger partial charge in [-0.25, -0.2) is 4.79 Å². The summed E-state index contributed by atoms with van der Waals surface area (Å²) in [7, 11) is 1.10. The van der Waals surface area contributed by atoms with Gasteiger partial charge in [-0.05, 0) is 109 Å². The van der Waals surface area contributed by atoms with Crippen molar-refractivity contribution in [2.24, 2.45) is 50.2 Å². The van der Waals surface area contributed by atoms with Crippen molar-refractivity contribution >= 4 is 11.9 Å². The van der Waals surface area contributed by atoms with E-state index in [0.717, 1.165) is 52.1 Å². The number of hydrogen-bond donors (Lipinski definition) is 9. The molecule has 5 aliphatic carbocycles. The van der Waals surface area contributed by atoms with E-state index in [-0.39, 0.29) is 39.4 Å². The van der Waals surface area contributed by atoms with Crippen molar-refractivity contribution in [3.05, 3.63) is 11.6 Å². The number of methoxy groups -OCH3 is 1. The van der Waals surface area contributed by atoms with E-state index in [1.165, 1.54) is 5.57 Å². The number of hydrogen-bond acceptors (Lipinski definition) is 17. The first-order valence-electron chi connectivity index (χ1n) is 24.1. The van der Waals surface area contributed by atoms with E-state index in [4.69, 9.17) is 33.2 Å². The van der Waals surface area contributed by atoms with Crippen molar-refractivity contribution in [2.45, 2.75) is 205 Å². The molecule has 376 valence electrons. The minimum Gasteiger partial charge on any atom is -0.481 e. The van der Waals surface area contributed by atoms with Crippen LogP contribution >= 0.6 is 0 Å². The van der Waals surface area contributed by atoms with E-state index < -0.39 is 128 Å². The van der Waals surface area contributed by atoms with E-state index in [2.05, 4.69) is 54.5 Å². The van der Waals surface area contributed by atoms with E-state index in [1.54, 1.807) is 0 Å². The Morgan fingerprint density at radius 3 is 2.05 bits per heavy atom. The molecule has 8 aliphatic rings. The van der Waals surface area contributed by atoms with E-state index in [1.807, 2.05) is 0 Å². The van der Waals surface area contributed by atoms with Gasteiger partial charge >= 0.3 is 11.9 Å². The van der Waals surface area contributed by atoms with Gasteiger partial charge in [0.2, 0.25) is 0 Å². The van der Waals surface area contributed by atoms with Crippen molar-refractivity contribution in [2.75, 3.05) is 20.3 Å². The van der Waals surface area contributed by atoms with Crippen LogP contribution in [-0.2, 0) is 42.7 Å². The molecule has 0 unspecified atom stereocenters. The largest absolute Gasteiger partial charge is 0.481 e. The molecule has 3 heterocycles. The zero-order chi connectivity index (χ0) is 48.3. The van der Waals surface area contributed by atoms with Gasteiger partial charge in [0.15, 0.2) is 25.0 Å². The first-order chi connectivity index (χ1) is 30.8. The van der Waals surface area contributed by atoms with Gasteiger partial charge in [-0.2, -0.15) is 0 Å². The maximum atomic E-state index is 13.3. The van der Waals surface area contributed by atoms with Gasteiger partial charge in [0, 0.05) is 0 Å². The number of aliphatic hydroxyl groups excluding tert-OH is 8. The van der Waals surface area contributed by atoms with Crippen LogP contribution in [0.15, 0.2) is 11.6 Å². The maximum absolute atomic E-state index is 13.3. The zero-order valence-electron chi connectivity index (χ0n) is 39.7. The molecule has 3 saturated heterocycles. The molecule has 7 fully saturated rings. The van der Waals surface area contributed by atoms with Crippen LogP contribution in [0.25, 0.3) is 0 Å². The van der Waals surface area contributed by atoms with Gasteiger partial charge in [0.05, 0.1) is 31.8 Å². The predicted octanol–water partition coefficient (Wildman–Crippen LogP) is 1.53. The molecule has 0 aromatic carbocycles. The SMILES string of the molecule is COC(=O)[C@H]1O[C@@H](O[C@H]2CC[C@]3(C)[C@H]4CC=C5[C@@H]6CC(C)(C)CC[C@]6(C(=O)O)CC[C@@]5(C)[C@]4(C)CC[C@H]3C2(C)C)[C@H](O[C@@H]2OC[C@@H](O)[C@H](O)[C@H]2O)[C@@H](O[C@@H]2O[C@H](CO)[C@@H](O)[C@H](O)[C@H]2O)[C@@H]1O. The Morgan fingerprint density at radius 1 is 0.712 bits per heavy atom. The molecular formula is C48H76O18. The third-order valence-corrected chi connectivity index (χ3v) is 19.1. The second-order valence-corrected chi connectivity index (χ2v) is 23.2. The van der Waals surface area contributed by atoms with Gasteiger partial charge in [-0.1, -0.05) is 60.1 Å². The van der Waals surface area contributed by atoms with Crippen molar-refractivity contribution in [3.63, 3.8) is 0 Å². The van der Waals surface area contributed by atoms with Gasteiger partial charge in [-0.3, -0.25) is 4.79 Å². The highest BCUT2D eigenvalue weighted by atomic mass is 16.8. The molecule has 0 radical (unpaired) electrons. The molecule has 0 bridgehead atoms. The van der Waals surface area contributed by atoms with Crippen LogP contribution in [0.4, 0.5) is 0 Å². The van der Waals surface area contributed by atoms with Crippen LogP contribution in [-0.4, -0.2) is 170 Å². The van der Waals surface area contributed by atoms with Crippen molar-refractivity contribution in [1.29, 1.82) is 0 Å². The Kier molecular flexibility index (Phi) is 13.6. The van der Waals surface area contributed by atoms with Crippen molar-refractivity contribution < 1.29 is 88.7 Å². The molecule has 9 N–H and O–H groups in total. The Hall–Kier alpha value is -1.88. The summed E-state index contributed by atoms with van der Waals surface area (Å²) in [6, 6.07) is 0. The Labute approximate surface area is 386 Å². The minimum absolute atomic E-state index is 0.0126. The summed E-state index contributed by atoms with van der Waals surface area (Å²) in [5.74, 6) is -1.30. The first kappa shape index (κ1) is 50.5. The number of aliphatic carboxylic acids is 1. The lowest BCUT2D eigenvalue weighted by atomic mass is 9.33. The molecule has 8 rings (SSSR count). The predicted molar refractivity (Wildman–Crippen MR) is 230 cm³/mol. The number of carboxylic acids is 1. The molecule has 18 nitrogen and oxygen atoms in total. The normalized spacial score (nSPS) is 52.1. The van der Waals surface area contributed by atoms with Crippen molar-refractivity contribution in [3.8, 4) is 0 Å². The fraction of sp³-hybridized carbons (Fsp3) is 0.917. The summed E-state index contributed by atoms with van der Waals surface area (Å²) >= 11 is 0. The third kappa shape index (κ3) is 7.83. The number of ether oxygens (including phenoxy) is 7. The van der Waals surface area contributed by atoms with Gasteiger partial charge in [0.25, 0.3) is 0 Å². The summed E-state index contributed by atoms with van der Waals surface area (Å²) in [4.78, 5) is 26.5. The summed E-state index contributed by atoms with van der Waals surface area (Å²) < 4.78 is 41.9. The van der Waals surface area contributed by atoms with Crippen LogP contribution in [0.3, 0.4) is 0 Å². The standard InChI is InChI=1S/C48H76O18/c1-43(2)15-17-48(42(58)59)18-16-46(6)22(23(48)19-43)9-10-27-45(5)13-12-28(44(3,4)26(45)11-14-47(27,46)7)63-41-37(66-39-32(54)29(51)24(50)21-61-39)35(34(56)36(65-41)38(57)60-8)64-40-33(55)31(53)30(52)25(20-49)62-40/h9,23-37,39-41,49-56H,10-21H2,1-8H3,(H,58,59)/t23-,24+,25+,26-,27+,28-,29-,30+,31-,32+,33+,34-,35-,36-,37+,39-,40-,41+,45-,46+,47+,48-/m0/s1. The summed E-state index contributed by atoms with van der Waals surface area (Å²) in [6.45, 7) is 14.9. The molecule has 0 amide bonds. The second-order valence-electron chi connectivity index (χ2n) is 23.2. The number of carbonyl (C=O) groups excluding carboxylic acids is 1. The molecule has 0 aromatic heterocycles. The molecule has 18 heteroatoms. The maximum Gasteiger partial charge on any atom is 0.337 e. The topological polar surface area (TPSA) is 281 Å². The van der Waals surface area contributed by atoms with E-state index in [0.29, 0.717) is 19.3 Å². The third-order valence-electron chi connectivity index (χ3n) is 19.1. The van der Waals surface area contributed by atoms with Gasteiger partial charge in [0.1, 0.15) is 61.0 Å². The molecule has 0 aromatic rings. The Balaban J connectivity index is 1.11. The fourth-order valence-electron chi connectivity index (χ4n) is 14.9. The smallest absolute Gasteiger partial charge is 0.337 e. The highest BCUT2D eigenvalue weighted by Gasteiger charge is 2.70. The number of allylic oxidation sites excluding steroid dienone is 2. The number of carbonyl (C=O) groups is 2. The van der Waals surface area contributed by atoms with Crippen LogP contribution in [0.5, 0.6) is 0 Å². The average Bonchev–Trinajstić information content (AvgIpc) is 3.26. The highest BCUT2D eigenvalue weighted by molar-refractivity contribution is 5.77. The minimum atomic E-state index is -1.93. The molecule has 66 heavy (non-hydrogen) atoms. The molecule has 4 saturated carbocycles. The van der Waals surface area contributed by atoms with Crippen molar-refractivity contribution in [1.82, 2.24) is 0 Å². The quantitative estimate of drug-likeness (QED) is 0.0900. The van der Waals surface area contributed by atoms with E-state index >= 15 is 0 Å². The lowest BCUT2D eigenvalue weighted by Crippen LogP contribution is -2.68. The number of esters is 1. The van der Waals surface area contributed by atoms with Gasteiger partial charge < -0.3 is 79.1 Å². The lowest BCUT2D eigenvalue weighted by Gasteiger charge is -2.71.